The molecule has 0 bridgehead atoms. The highest BCUT2D eigenvalue weighted by molar-refractivity contribution is 5.69. The first-order valence-electron chi connectivity index (χ1n) is 11.5. The highest BCUT2D eigenvalue weighted by atomic mass is 19.1. The topological polar surface area (TPSA) is 114 Å². The Hall–Kier alpha value is -4.38. The summed E-state index contributed by atoms with van der Waals surface area (Å²) in [7, 11) is 0. The Morgan fingerprint density at radius 3 is 2.67 bits per heavy atom. The number of azo groups is 1. The Morgan fingerprint density at radius 2 is 1.86 bits per heavy atom. The van der Waals surface area contributed by atoms with Crippen LogP contribution in [0.2, 0.25) is 0 Å². The summed E-state index contributed by atoms with van der Waals surface area (Å²) in [5.74, 6) is -0.165. The van der Waals surface area contributed by atoms with Gasteiger partial charge in [-0.2, -0.15) is 10.1 Å². The van der Waals surface area contributed by atoms with Crippen LogP contribution in [0.1, 0.15) is 11.4 Å². The molecule has 1 aromatic carbocycles. The molecule has 0 unspecified atom stereocenters. The summed E-state index contributed by atoms with van der Waals surface area (Å²) >= 11 is 0. The standard InChI is InChI=1S/C25H24FN9O/c1-17-23(28-8-7-27-17)18-3-2-4-19(13-18)32-21-6-5-20(29-14-21)15-31-34-25-30-16-22(26)24(33-25)35-9-11-36-12-10-35/h2-8,13-14,16,32H,9-12,15H2,1H3. The highest BCUT2D eigenvalue weighted by Crippen LogP contribution is 2.25. The third kappa shape index (κ3) is 5.63. The van der Waals surface area contributed by atoms with E-state index in [1.165, 1.54) is 0 Å². The van der Waals surface area contributed by atoms with Crippen LogP contribution in [0, 0.1) is 12.7 Å². The van der Waals surface area contributed by atoms with Crippen molar-refractivity contribution >= 4 is 23.1 Å². The Bertz CT molecular complexity index is 1360. The monoisotopic (exact) mass is 485 g/mol. The van der Waals surface area contributed by atoms with Crippen molar-refractivity contribution in [2.45, 2.75) is 13.5 Å². The minimum Gasteiger partial charge on any atom is -0.378 e. The van der Waals surface area contributed by atoms with Crippen molar-refractivity contribution in [2.75, 3.05) is 36.5 Å². The Labute approximate surface area is 207 Å². The predicted molar refractivity (Wildman–Crippen MR) is 133 cm³/mol. The number of rotatable bonds is 7. The third-order valence-electron chi connectivity index (χ3n) is 5.55. The number of anilines is 3. The van der Waals surface area contributed by atoms with Crippen LogP contribution in [0.5, 0.6) is 0 Å². The van der Waals surface area contributed by atoms with E-state index in [0.717, 1.165) is 40.2 Å². The number of aryl methyl sites for hydroxylation is 1. The van der Waals surface area contributed by atoms with Crippen molar-refractivity contribution in [3.63, 3.8) is 0 Å². The van der Waals surface area contributed by atoms with Gasteiger partial charge in [0, 0.05) is 36.7 Å². The number of hydrogen-bond acceptors (Lipinski definition) is 10. The maximum atomic E-state index is 14.2. The van der Waals surface area contributed by atoms with Gasteiger partial charge in [0.15, 0.2) is 11.6 Å². The first-order chi connectivity index (χ1) is 17.7. The fraction of sp³-hybridized carbons (Fsp3) is 0.240. The van der Waals surface area contributed by atoms with Crippen molar-refractivity contribution in [3.8, 4) is 11.3 Å². The van der Waals surface area contributed by atoms with Gasteiger partial charge in [0.25, 0.3) is 5.95 Å². The molecule has 1 aliphatic heterocycles. The lowest BCUT2D eigenvalue weighted by atomic mass is 10.1. The predicted octanol–water partition coefficient (Wildman–Crippen LogP) is 4.64. The summed E-state index contributed by atoms with van der Waals surface area (Å²) in [4.78, 5) is 23.1. The molecule has 1 N–H and O–H groups in total. The molecule has 0 spiro atoms. The van der Waals surface area contributed by atoms with Gasteiger partial charge in [-0.25, -0.2) is 9.37 Å². The summed E-state index contributed by atoms with van der Waals surface area (Å²) in [6.07, 6.45) is 6.22. The third-order valence-corrected chi connectivity index (χ3v) is 5.55. The number of aromatic nitrogens is 5. The molecule has 4 aromatic rings. The van der Waals surface area contributed by atoms with Gasteiger partial charge in [-0.1, -0.05) is 12.1 Å². The number of morpholine rings is 1. The van der Waals surface area contributed by atoms with E-state index in [2.05, 4.69) is 40.5 Å². The second-order valence-electron chi connectivity index (χ2n) is 8.07. The molecule has 10 nitrogen and oxygen atoms in total. The van der Waals surface area contributed by atoms with Gasteiger partial charge in [-0.05, 0) is 31.2 Å². The maximum Gasteiger partial charge on any atom is 0.270 e. The molecule has 0 aliphatic carbocycles. The molecule has 0 radical (unpaired) electrons. The van der Waals surface area contributed by atoms with Crippen LogP contribution in [-0.2, 0) is 11.3 Å². The van der Waals surface area contributed by atoms with Gasteiger partial charge >= 0.3 is 0 Å². The average Bonchev–Trinajstić information content (AvgIpc) is 2.91. The maximum absolute atomic E-state index is 14.2. The summed E-state index contributed by atoms with van der Waals surface area (Å²) in [6, 6.07) is 11.8. The van der Waals surface area contributed by atoms with Gasteiger partial charge in [0.1, 0.15) is 6.54 Å². The Morgan fingerprint density at radius 1 is 1.00 bits per heavy atom. The van der Waals surface area contributed by atoms with Crippen molar-refractivity contribution in [1.82, 2.24) is 24.9 Å². The first-order valence-corrected chi connectivity index (χ1v) is 11.5. The van der Waals surface area contributed by atoms with Crippen LogP contribution in [0.15, 0.2) is 71.4 Å². The molecule has 182 valence electrons. The summed E-state index contributed by atoms with van der Waals surface area (Å²) in [6.45, 7) is 4.38. The normalized spacial score (nSPS) is 13.8. The summed E-state index contributed by atoms with van der Waals surface area (Å²) < 4.78 is 19.5. The largest absolute Gasteiger partial charge is 0.378 e. The van der Waals surface area contributed by atoms with E-state index in [1.807, 2.05) is 48.2 Å². The van der Waals surface area contributed by atoms with E-state index in [9.17, 15) is 4.39 Å². The molecule has 1 aliphatic rings. The number of halogens is 1. The number of ether oxygens (including phenoxy) is 1. The van der Waals surface area contributed by atoms with Crippen LogP contribution >= 0.6 is 0 Å². The number of nitrogens with zero attached hydrogens (tertiary/aromatic N) is 8. The van der Waals surface area contributed by atoms with Crippen LogP contribution in [0.25, 0.3) is 11.3 Å². The van der Waals surface area contributed by atoms with Crippen LogP contribution in [-0.4, -0.2) is 51.2 Å². The van der Waals surface area contributed by atoms with E-state index < -0.39 is 5.82 Å². The molecule has 1 saturated heterocycles. The molecule has 1 fully saturated rings. The molecule has 5 rings (SSSR count). The van der Waals surface area contributed by atoms with Crippen LogP contribution < -0.4 is 10.2 Å². The zero-order chi connectivity index (χ0) is 24.7. The fourth-order valence-corrected chi connectivity index (χ4v) is 3.76. The molecule has 0 amide bonds. The van der Waals surface area contributed by atoms with Gasteiger partial charge in [-0.15, -0.1) is 5.11 Å². The minimum absolute atomic E-state index is 0.106. The molecule has 4 heterocycles. The number of pyridine rings is 1. The second-order valence-corrected chi connectivity index (χ2v) is 8.07. The van der Waals surface area contributed by atoms with Crippen LogP contribution in [0.3, 0.4) is 0 Å². The average molecular weight is 486 g/mol. The SMILES string of the molecule is Cc1nccnc1-c1cccc(Nc2ccc(CN=Nc3ncc(F)c(N4CCOCC4)n3)nc2)c1. The zero-order valence-corrected chi connectivity index (χ0v) is 19.7. The van der Waals surface area contributed by atoms with Crippen LogP contribution in [0.4, 0.5) is 27.5 Å². The molecule has 0 saturated carbocycles. The van der Waals surface area contributed by atoms with Crippen molar-refractivity contribution in [1.29, 1.82) is 0 Å². The quantitative estimate of drug-likeness (QED) is 0.377. The van der Waals surface area contributed by atoms with E-state index in [-0.39, 0.29) is 18.3 Å². The molecular weight excluding hydrogens is 461 g/mol. The van der Waals surface area contributed by atoms with Gasteiger partial charge < -0.3 is 15.0 Å². The summed E-state index contributed by atoms with van der Waals surface area (Å²) in [5, 5.41) is 11.5. The first kappa shape index (κ1) is 23.4. The molecule has 3 aromatic heterocycles. The zero-order valence-electron chi connectivity index (χ0n) is 19.7. The van der Waals surface area contributed by atoms with Crippen molar-refractivity contribution < 1.29 is 9.13 Å². The Balaban J connectivity index is 1.21. The van der Waals surface area contributed by atoms with Crippen molar-refractivity contribution in [3.05, 3.63) is 78.4 Å². The smallest absolute Gasteiger partial charge is 0.270 e. The fourth-order valence-electron chi connectivity index (χ4n) is 3.76. The van der Waals surface area contributed by atoms with E-state index in [0.29, 0.717) is 26.3 Å². The summed E-state index contributed by atoms with van der Waals surface area (Å²) in [5.41, 5.74) is 5.18. The number of hydrogen-bond donors (Lipinski definition) is 1. The lowest BCUT2D eigenvalue weighted by Crippen LogP contribution is -2.37. The van der Waals surface area contributed by atoms with Gasteiger partial charge in [0.05, 0.1) is 48.4 Å². The molecular formula is C25H24FN9O. The molecule has 11 heteroatoms. The lowest BCUT2D eigenvalue weighted by molar-refractivity contribution is 0.122. The number of nitrogens with one attached hydrogen (secondary N) is 1. The molecule has 0 atom stereocenters. The van der Waals surface area contributed by atoms with E-state index >= 15 is 0 Å². The minimum atomic E-state index is -0.488. The number of benzene rings is 1. The van der Waals surface area contributed by atoms with E-state index in [1.54, 1.807) is 18.6 Å². The second kappa shape index (κ2) is 10.9. The highest BCUT2D eigenvalue weighted by Gasteiger charge is 2.17. The van der Waals surface area contributed by atoms with Gasteiger partial charge in [0.2, 0.25) is 0 Å². The van der Waals surface area contributed by atoms with Crippen molar-refractivity contribution in [2.24, 2.45) is 10.2 Å². The lowest BCUT2D eigenvalue weighted by Gasteiger charge is -2.27. The Kier molecular flexibility index (Phi) is 7.08. The molecule has 36 heavy (non-hydrogen) atoms. The van der Waals surface area contributed by atoms with Gasteiger partial charge in [-0.3, -0.25) is 15.0 Å². The van der Waals surface area contributed by atoms with E-state index in [4.69, 9.17) is 4.74 Å².